The average molecular weight is 206 g/mol. The Morgan fingerprint density at radius 3 is 2.07 bits per heavy atom. The standard InChI is InChI=1S/C13H22N2/c1-10(2)5-6-12-8-14-13(15-9-12)7-11(3)4/h8-11H,5-7H2,1-4H3. The maximum Gasteiger partial charge on any atom is 0.128 e. The predicted octanol–water partition coefficient (Wildman–Crippen LogP) is 3.26. The number of aromatic nitrogens is 2. The molecule has 0 saturated carbocycles. The van der Waals surface area contributed by atoms with Gasteiger partial charge in [0.25, 0.3) is 0 Å². The van der Waals surface area contributed by atoms with E-state index in [1.165, 1.54) is 12.0 Å². The normalized spacial score (nSPS) is 11.3. The molecule has 84 valence electrons. The summed E-state index contributed by atoms with van der Waals surface area (Å²) in [7, 11) is 0. The van der Waals surface area contributed by atoms with Gasteiger partial charge < -0.3 is 0 Å². The molecule has 0 spiro atoms. The predicted molar refractivity (Wildman–Crippen MR) is 63.7 cm³/mol. The fraction of sp³-hybridized carbons (Fsp3) is 0.692. The molecule has 2 heteroatoms. The molecule has 0 aliphatic heterocycles. The molecular formula is C13H22N2. The molecule has 0 radical (unpaired) electrons. The van der Waals surface area contributed by atoms with E-state index in [2.05, 4.69) is 37.7 Å². The second kappa shape index (κ2) is 5.84. The van der Waals surface area contributed by atoms with E-state index < -0.39 is 0 Å². The summed E-state index contributed by atoms with van der Waals surface area (Å²) >= 11 is 0. The fourth-order valence-electron chi connectivity index (χ4n) is 1.44. The van der Waals surface area contributed by atoms with Crippen LogP contribution in [0.3, 0.4) is 0 Å². The lowest BCUT2D eigenvalue weighted by atomic mass is 10.0. The summed E-state index contributed by atoms with van der Waals surface area (Å²) in [6.07, 6.45) is 7.25. The Morgan fingerprint density at radius 2 is 1.60 bits per heavy atom. The lowest BCUT2D eigenvalue weighted by Gasteiger charge is -2.06. The van der Waals surface area contributed by atoms with E-state index in [4.69, 9.17) is 0 Å². The van der Waals surface area contributed by atoms with E-state index in [0.717, 1.165) is 24.6 Å². The van der Waals surface area contributed by atoms with Crippen molar-refractivity contribution in [1.82, 2.24) is 9.97 Å². The maximum absolute atomic E-state index is 4.39. The van der Waals surface area contributed by atoms with Crippen LogP contribution in [0.5, 0.6) is 0 Å². The number of rotatable bonds is 5. The summed E-state index contributed by atoms with van der Waals surface area (Å²) < 4.78 is 0. The van der Waals surface area contributed by atoms with Gasteiger partial charge in [-0.25, -0.2) is 9.97 Å². The third-order valence-corrected chi connectivity index (χ3v) is 2.36. The van der Waals surface area contributed by atoms with E-state index in [9.17, 15) is 0 Å². The van der Waals surface area contributed by atoms with E-state index in [0.29, 0.717) is 5.92 Å². The molecule has 0 fully saturated rings. The Balaban J connectivity index is 2.49. The minimum absolute atomic E-state index is 0.631. The molecule has 1 aromatic rings. The second-order valence-corrected chi connectivity index (χ2v) is 5.04. The van der Waals surface area contributed by atoms with Gasteiger partial charge >= 0.3 is 0 Å². The first-order chi connectivity index (χ1) is 7.08. The smallest absolute Gasteiger partial charge is 0.128 e. The molecule has 1 heterocycles. The highest BCUT2D eigenvalue weighted by molar-refractivity contribution is 5.05. The molecular weight excluding hydrogens is 184 g/mol. The summed E-state index contributed by atoms with van der Waals surface area (Å²) in [5, 5.41) is 0. The SMILES string of the molecule is CC(C)CCc1cnc(CC(C)C)nc1. The molecule has 1 rings (SSSR count). The Labute approximate surface area is 93.2 Å². The highest BCUT2D eigenvalue weighted by atomic mass is 14.9. The van der Waals surface area contributed by atoms with Crippen molar-refractivity contribution in [2.75, 3.05) is 0 Å². The zero-order chi connectivity index (χ0) is 11.3. The molecule has 0 saturated heterocycles. The van der Waals surface area contributed by atoms with Crippen LogP contribution in [-0.4, -0.2) is 9.97 Å². The number of aryl methyl sites for hydroxylation is 1. The van der Waals surface area contributed by atoms with Crippen LogP contribution in [0, 0.1) is 11.8 Å². The second-order valence-electron chi connectivity index (χ2n) is 5.04. The van der Waals surface area contributed by atoms with Crippen LogP contribution in [0.15, 0.2) is 12.4 Å². The number of hydrogen-bond acceptors (Lipinski definition) is 2. The van der Waals surface area contributed by atoms with E-state index in [1.807, 2.05) is 12.4 Å². The van der Waals surface area contributed by atoms with Gasteiger partial charge in [0.15, 0.2) is 0 Å². The highest BCUT2D eigenvalue weighted by Gasteiger charge is 2.02. The number of hydrogen-bond donors (Lipinski definition) is 0. The zero-order valence-corrected chi connectivity index (χ0v) is 10.3. The molecule has 0 aromatic carbocycles. The molecule has 1 aromatic heterocycles. The van der Waals surface area contributed by atoms with Crippen LogP contribution in [0.2, 0.25) is 0 Å². The highest BCUT2D eigenvalue weighted by Crippen LogP contribution is 2.08. The third-order valence-electron chi connectivity index (χ3n) is 2.36. The van der Waals surface area contributed by atoms with Crippen LogP contribution < -0.4 is 0 Å². The van der Waals surface area contributed by atoms with E-state index >= 15 is 0 Å². The molecule has 2 nitrogen and oxygen atoms in total. The fourth-order valence-corrected chi connectivity index (χ4v) is 1.44. The summed E-state index contributed by atoms with van der Waals surface area (Å²) in [6.45, 7) is 8.87. The molecule has 0 unspecified atom stereocenters. The van der Waals surface area contributed by atoms with Crippen molar-refractivity contribution in [3.8, 4) is 0 Å². The Hall–Kier alpha value is -0.920. The topological polar surface area (TPSA) is 25.8 Å². The van der Waals surface area contributed by atoms with Gasteiger partial charge in [0.05, 0.1) is 0 Å². The summed E-state index contributed by atoms with van der Waals surface area (Å²) in [6, 6.07) is 0. The molecule has 15 heavy (non-hydrogen) atoms. The quantitative estimate of drug-likeness (QED) is 0.739. The Kier molecular flexibility index (Phi) is 4.73. The molecule has 0 bridgehead atoms. The van der Waals surface area contributed by atoms with Crippen molar-refractivity contribution in [2.24, 2.45) is 11.8 Å². The van der Waals surface area contributed by atoms with Crippen LogP contribution in [0.1, 0.15) is 45.5 Å². The van der Waals surface area contributed by atoms with Gasteiger partial charge in [-0.1, -0.05) is 27.7 Å². The maximum atomic E-state index is 4.39. The van der Waals surface area contributed by atoms with Gasteiger partial charge in [0.2, 0.25) is 0 Å². The van der Waals surface area contributed by atoms with E-state index in [1.54, 1.807) is 0 Å². The third kappa shape index (κ3) is 4.91. The summed E-state index contributed by atoms with van der Waals surface area (Å²) in [5.41, 5.74) is 1.26. The van der Waals surface area contributed by atoms with Crippen molar-refractivity contribution in [1.29, 1.82) is 0 Å². The van der Waals surface area contributed by atoms with Crippen LogP contribution in [-0.2, 0) is 12.8 Å². The summed E-state index contributed by atoms with van der Waals surface area (Å²) in [4.78, 5) is 8.77. The van der Waals surface area contributed by atoms with Gasteiger partial charge in [0, 0.05) is 18.8 Å². The van der Waals surface area contributed by atoms with Crippen LogP contribution >= 0.6 is 0 Å². The summed E-state index contributed by atoms with van der Waals surface area (Å²) in [5.74, 6) is 2.35. The minimum atomic E-state index is 0.631. The Bertz CT molecular complexity index is 275. The van der Waals surface area contributed by atoms with E-state index in [-0.39, 0.29) is 0 Å². The zero-order valence-electron chi connectivity index (χ0n) is 10.3. The monoisotopic (exact) mass is 206 g/mol. The molecule has 0 aliphatic carbocycles. The van der Waals surface area contributed by atoms with Crippen molar-refractivity contribution < 1.29 is 0 Å². The lowest BCUT2D eigenvalue weighted by Crippen LogP contribution is -2.02. The van der Waals surface area contributed by atoms with Gasteiger partial charge in [-0.05, 0) is 30.2 Å². The first-order valence-corrected chi connectivity index (χ1v) is 5.87. The van der Waals surface area contributed by atoms with Gasteiger partial charge in [-0.3, -0.25) is 0 Å². The van der Waals surface area contributed by atoms with Crippen molar-refractivity contribution >= 4 is 0 Å². The van der Waals surface area contributed by atoms with Gasteiger partial charge in [-0.2, -0.15) is 0 Å². The first-order valence-electron chi connectivity index (χ1n) is 5.87. The van der Waals surface area contributed by atoms with Gasteiger partial charge in [-0.15, -0.1) is 0 Å². The lowest BCUT2D eigenvalue weighted by molar-refractivity contribution is 0.582. The first kappa shape index (κ1) is 12.2. The minimum Gasteiger partial charge on any atom is -0.241 e. The molecule has 0 aliphatic rings. The van der Waals surface area contributed by atoms with Crippen molar-refractivity contribution in [3.63, 3.8) is 0 Å². The number of nitrogens with zero attached hydrogens (tertiary/aromatic N) is 2. The molecule has 0 atom stereocenters. The Morgan fingerprint density at radius 1 is 1.00 bits per heavy atom. The average Bonchev–Trinajstić information content (AvgIpc) is 2.16. The molecule has 0 N–H and O–H groups in total. The van der Waals surface area contributed by atoms with Crippen LogP contribution in [0.4, 0.5) is 0 Å². The van der Waals surface area contributed by atoms with Crippen molar-refractivity contribution in [3.05, 3.63) is 23.8 Å². The van der Waals surface area contributed by atoms with Crippen molar-refractivity contribution in [2.45, 2.75) is 47.0 Å². The van der Waals surface area contributed by atoms with Gasteiger partial charge in [0.1, 0.15) is 5.82 Å². The molecule has 0 amide bonds. The largest absolute Gasteiger partial charge is 0.241 e. The van der Waals surface area contributed by atoms with Crippen LogP contribution in [0.25, 0.3) is 0 Å².